The molecule has 17 heavy (non-hydrogen) atoms. The second kappa shape index (κ2) is 9.42. The third kappa shape index (κ3) is 7.34. The van der Waals surface area contributed by atoms with E-state index in [1.54, 1.807) is 0 Å². The fourth-order valence-corrected chi connectivity index (χ4v) is 1.45. The van der Waals surface area contributed by atoms with E-state index in [1.165, 1.54) is 0 Å². The van der Waals surface area contributed by atoms with Crippen LogP contribution >= 0.6 is 11.6 Å². The molecule has 0 aliphatic rings. The van der Waals surface area contributed by atoms with Crippen LogP contribution in [-0.2, 0) is 16.1 Å². The normalized spacial score (nSPS) is 10.7. The van der Waals surface area contributed by atoms with E-state index in [9.17, 15) is 0 Å². The lowest BCUT2D eigenvalue weighted by molar-refractivity contribution is 0.116. The zero-order valence-electron chi connectivity index (χ0n) is 10.2. The van der Waals surface area contributed by atoms with Gasteiger partial charge in [-0.1, -0.05) is 23.7 Å². The van der Waals surface area contributed by atoms with Crippen molar-refractivity contribution in [1.29, 1.82) is 0 Å². The van der Waals surface area contributed by atoms with Gasteiger partial charge in [0.2, 0.25) is 0 Å². The minimum atomic E-state index is 0.629. The van der Waals surface area contributed by atoms with E-state index in [0.29, 0.717) is 13.2 Å². The molecule has 0 heterocycles. The summed E-state index contributed by atoms with van der Waals surface area (Å²) >= 11 is 5.79. The molecule has 1 aromatic rings. The Labute approximate surface area is 108 Å². The lowest BCUT2D eigenvalue weighted by atomic mass is 10.2. The molecule has 0 saturated heterocycles. The second-order valence-corrected chi connectivity index (χ2v) is 4.06. The van der Waals surface area contributed by atoms with Crippen molar-refractivity contribution in [1.82, 2.24) is 5.32 Å². The molecule has 1 aromatic carbocycles. The Bertz CT molecular complexity index is 290. The van der Waals surface area contributed by atoms with Crippen molar-refractivity contribution in [3.05, 3.63) is 34.9 Å². The van der Waals surface area contributed by atoms with Gasteiger partial charge in [0.15, 0.2) is 0 Å². The van der Waals surface area contributed by atoms with Crippen LogP contribution in [-0.4, -0.2) is 32.9 Å². The maximum atomic E-state index is 5.79. The summed E-state index contributed by atoms with van der Waals surface area (Å²) in [6, 6.07) is 7.71. The number of rotatable bonds is 9. The van der Waals surface area contributed by atoms with Crippen molar-refractivity contribution in [2.45, 2.75) is 13.5 Å². The molecule has 0 aliphatic carbocycles. The Morgan fingerprint density at radius 1 is 1.06 bits per heavy atom. The van der Waals surface area contributed by atoms with Crippen LogP contribution in [0.2, 0.25) is 5.02 Å². The average Bonchev–Trinajstić information content (AvgIpc) is 2.35. The summed E-state index contributed by atoms with van der Waals surface area (Å²) in [7, 11) is 0. The lowest BCUT2D eigenvalue weighted by Crippen LogP contribution is -2.23. The van der Waals surface area contributed by atoms with Gasteiger partial charge in [-0.25, -0.2) is 0 Å². The predicted molar refractivity (Wildman–Crippen MR) is 70.5 cm³/mol. The predicted octanol–water partition coefficient (Wildman–Crippen LogP) is 2.48. The number of ether oxygens (including phenoxy) is 2. The minimum absolute atomic E-state index is 0.629. The topological polar surface area (TPSA) is 30.5 Å². The highest BCUT2D eigenvalue weighted by Crippen LogP contribution is 2.09. The number of benzene rings is 1. The maximum Gasteiger partial charge on any atom is 0.0717 e. The molecule has 0 unspecified atom stereocenters. The smallest absolute Gasteiger partial charge is 0.0717 e. The first-order valence-corrected chi connectivity index (χ1v) is 6.31. The van der Waals surface area contributed by atoms with E-state index in [1.807, 2.05) is 31.2 Å². The summed E-state index contributed by atoms with van der Waals surface area (Å²) in [6.45, 7) is 6.58. The SMILES string of the molecule is CCOCCNCCOCc1ccc(Cl)cc1. The van der Waals surface area contributed by atoms with Crippen molar-refractivity contribution in [2.24, 2.45) is 0 Å². The van der Waals surface area contributed by atoms with Gasteiger partial charge < -0.3 is 14.8 Å². The third-order valence-corrected chi connectivity index (χ3v) is 2.48. The van der Waals surface area contributed by atoms with Gasteiger partial charge in [0.25, 0.3) is 0 Å². The first kappa shape index (κ1) is 14.5. The van der Waals surface area contributed by atoms with Crippen molar-refractivity contribution in [3.63, 3.8) is 0 Å². The van der Waals surface area contributed by atoms with E-state index in [2.05, 4.69) is 5.32 Å². The summed E-state index contributed by atoms with van der Waals surface area (Å²) in [6.07, 6.45) is 0. The second-order valence-electron chi connectivity index (χ2n) is 3.63. The molecule has 0 spiro atoms. The molecule has 0 radical (unpaired) electrons. The quantitative estimate of drug-likeness (QED) is 0.690. The number of nitrogens with one attached hydrogen (secondary N) is 1. The standard InChI is InChI=1S/C13H20ClNO2/c1-2-16-9-7-15-8-10-17-11-12-3-5-13(14)6-4-12/h3-6,15H,2,7-11H2,1H3. The molecule has 4 heteroatoms. The van der Waals surface area contributed by atoms with Crippen molar-refractivity contribution < 1.29 is 9.47 Å². The Morgan fingerprint density at radius 3 is 2.35 bits per heavy atom. The van der Waals surface area contributed by atoms with Crippen LogP contribution in [0.5, 0.6) is 0 Å². The maximum absolute atomic E-state index is 5.79. The van der Waals surface area contributed by atoms with Crippen molar-refractivity contribution in [3.8, 4) is 0 Å². The van der Waals surface area contributed by atoms with E-state index < -0.39 is 0 Å². The van der Waals surface area contributed by atoms with Gasteiger partial charge in [0.05, 0.1) is 19.8 Å². The van der Waals surface area contributed by atoms with Gasteiger partial charge in [-0.2, -0.15) is 0 Å². The molecule has 96 valence electrons. The Hall–Kier alpha value is -0.610. The summed E-state index contributed by atoms with van der Waals surface area (Å²) in [5.74, 6) is 0. The third-order valence-electron chi connectivity index (χ3n) is 2.23. The molecule has 0 aliphatic heterocycles. The van der Waals surface area contributed by atoms with Crippen LogP contribution in [0.1, 0.15) is 12.5 Å². The fraction of sp³-hybridized carbons (Fsp3) is 0.538. The summed E-state index contributed by atoms with van der Waals surface area (Å²) in [4.78, 5) is 0. The Kier molecular flexibility index (Phi) is 8.01. The average molecular weight is 258 g/mol. The number of hydrogen-bond donors (Lipinski definition) is 1. The van der Waals surface area contributed by atoms with Gasteiger partial charge in [-0.3, -0.25) is 0 Å². The van der Waals surface area contributed by atoms with Crippen LogP contribution < -0.4 is 5.32 Å². The highest BCUT2D eigenvalue weighted by atomic mass is 35.5. The highest BCUT2D eigenvalue weighted by molar-refractivity contribution is 6.30. The van der Waals surface area contributed by atoms with Crippen molar-refractivity contribution >= 4 is 11.6 Å². The van der Waals surface area contributed by atoms with Gasteiger partial charge in [-0.15, -0.1) is 0 Å². The molecule has 0 atom stereocenters. The summed E-state index contributed by atoms with van der Waals surface area (Å²) in [5.41, 5.74) is 1.14. The molecular formula is C13H20ClNO2. The van der Waals surface area contributed by atoms with Gasteiger partial charge in [0, 0.05) is 24.7 Å². The molecule has 0 aromatic heterocycles. The van der Waals surface area contributed by atoms with Crippen LogP contribution in [0.3, 0.4) is 0 Å². The van der Waals surface area contributed by atoms with E-state index >= 15 is 0 Å². The first-order valence-electron chi connectivity index (χ1n) is 5.93. The zero-order chi connectivity index (χ0) is 12.3. The Balaban J connectivity index is 1.95. The lowest BCUT2D eigenvalue weighted by Gasteiger charge is -2.06. The van der Waals surface area contributed by atoms with E-state index in [4.69, 9.17) is 21.1 Å². The molecule has 0 saturated carbocycles. The van der Waals surface area contributed by atoms with E-state index in [-0.39, 0.29) is 0 Å². The van der Waals surface area contributed by atoms with Crippen molar-refractivity contribution in [2.75, 3.05) is 32.9 Å². The monoisotopic (exact) mass is 257 g/mol. The Morgan fingerprint density at radius 2 is 1.71 bits per heavy atom. The first-order chi connectivity index (χ1) is 8.33. The highest BCUT2D eigenvalue weighted by Gasteiger charge is 1.93. The summed E-state index contributed by atoms with van der Waals surface area (Å²) in [5, 5.41) is 4.00. The molecule has 0 amide bonds. The molecular weight excluding hydrogens is 238 g/mol. The van der Waals surface area contributed by atoms with Gasteiger partial charge in [-0.05, 0) is 24.6 Å². The van der Waals surface area contributed by atoms with Crippen LogP contribution in [0.4, 0.5) is 0 Å². The van der Waals surface area contributed by atoms with Gasteiger partial charge in [0.1, 0.15) is 0 Å². The summed E-state index contributed by atoms with van der Waals surface area (Å²) < 4.78 is 10.7. The van der Waals surface area contributed by atoms with E-state index in [0.717, 1.165) is 36.9 Å². The molecule has 1 rings (SSSR count). The molecule has 0 bridgehead atoms. The number of hydrogen-bond acceptors (Lipinski definition) is 3. The van der Waals surface area contributed by atoms with Crippen LogP contribution in [0.25, 0.3) is 0 Å². The molecule has 3 nitrogen and oxygen atoms in total. The van der Waals surface area contributed by atoms with Crippen LogP contribution in [0.15, 0.2) is 24.3 Å². The molecule has 1 N–H and O–H groups in total. The number of halogens is 1. The van der Waals surface area contributed by atoms with Crippen LogP contribution in [0, 0.1) is 0 Å². The zero-order valence-corrected chi connectivity index (χ0v) is 11.0. The fourth-order valence-electron chi connectivity index (χ4n) is 1.33. The largest absolute Gasteiger partial charge is 0.380 e. The minimum Gasteiger partial charge on any atom is -0.380 e. The van der Waals surface area contributed by atoms with Gasteiger partial charge >= 0.3 is 0 Å². The molecule has 0 fully saturated rings.